The molecule has 1 aromatic carbocycles. The Labute approximate surface area is 92.3 Å². The van der Waals surface area contributed by atoms with E-state index >= 15 is 0 Å². The number of thiazole rings is 1. The standard InChI is InChI=1S/C10H9NO2S2/c1-15(12,13)9-4-2-3-8(5-9)10-6-11-7-14-10/h2-7H,1H3. The van der Waals surface area contributed by atoms with Gasteiger partial charge in [-0.15, -0.1) is 11.3 Å². The third kappa shape index (κ3) is 2.24. The van der Waals surface area contributed by atoms with Crippen molar-refractivity contribution in [3.05, 3.63) is 36.0 Å². The molecule has 0 fully saturated rings. The van der Waals surface area contributed by atoms with Crippen LogP contribution in [-0.4, -0.2) is 19.7 Å². The van der Waals surface area contributed by atoms with E-state index in [4.69, 9.17) is 0 Å². The third-order valence-corrected chi connectivity index (χ3v) is 3.91. The van der Waals surface area contributed by atoms with Crippen LogP contribution in [0.4, 0.5) is 0 Å². The lowest BCUT2D eigenvalue weighted by atomic mass is 10.2. The molecule has 1 heterocycles. The summed E-state index contributed by atoms with van der Waals surface area (Å²) in [7, 11) is -3.13. The van der Waals surface area contributed by atoms with Gasteiger partial charge in [0.1, 0.15) is 0 Å². The topological polar surface area (TPSA) is 47.0 Å². The summed E-state index contributed by atoms with van der Waals surface area (Å²) in [6, 6.07) is 6.89. The molecule has 0 radical (unpaired) electrons. The van der Waals surface area contributed by atoms with Crippen LogP contribution in [0.3, 0.4) is 0 Å². The Bertz CT molecular complexity index is 559. The summed E-state index contributed by atoms with van der Waals surface area (Å²) in [6.07, 6.45) is 2.94. The monoisotopic (exact) mass is 239 g/mol. The second-order valence-electron chi connectivity index (χ2n) is 3.17. The van der Waals surface area contributed by atoms with Crippen LogP contribution >= 0.6 is 11.3 Å². The average molecular weight is 239 g/mol. The summed E-state index contributed by atoms with van der Waals surface area (Å²) in [5, 5.41) is 0. The van der Waals surface area contributed by atoms with E-state index in [0.717, 1.165) is 10.4 Å². The highest BCUT2D eigenvalue weighted by atomic mass is 32.2. The van der Waals surface area contributed by atoms with Crippen LogP contribution in [0.15, 0.2) is 40.9 Å². The Morgan fingerprint density at radius 1 is 1.33 bits per heavy atom. The van der Waals surface area contributed by atoms with Crippen molar-refractivity contribution in [2.75, 3.05) is 6.26 Å². The van der Waals surface area contributed by atoms with Crippen molar-refractivity contribution in [1.82, 2.24) is 4.98 Å². The number of benzene rings is 1. The smallest absolute Gasteiger partial charge is 0.175 e. The predicted octanol–water partition coefficient (Wildman–Crippen LogP) is 2.21. The number of aromatic nitrogens is 1. The molecule has 1 aromatic heterocycles. The van der Waals surface area contributed by atoms with Gasteiger partial charge in [0.25, 0.3) is 0 Å². The Morgan fingerprint density at radius 2 is 2.13 bits per heavy atom. The zero-order valence-electron chi connectivity index (χ0n) is 8.04. The van der Waals surface area contributed by atoms with E-state index in [-0.39, 0.29) is 0 Å². The highest BCUT2D eigenvalue weighted by Gasteiger charge is 2.08. The Kier molecular flexibility index (Phi) is 2.58. The molecule has 2 rings (SSSR count). The first kappa shape index (κ1) is 10.3. The van der Waals surface area contributed by atoms with Crippen molar-refractivity contribution in [2.24, 2.45) is 0 Å². The summed E-state index contributed by atoms with van der Waals surface area (Å²) in [5.41, 5.74) is 2.61. The molecular weight excluding hydrogens is 230 g/mol. The molecule has 0 saturated heterocycles. The van der Waals surface area contributed by atoms with Gasteiger partial charge in [0, 0.05) is 12.5 Å². The summed E-state index contributed by atoms with van der Waals surface area (Å²) in [4.78, 5) is 5.27. The number of sulfone groups is 1. The fraction of sp³-hybridized carbons (Fsp3) is 0.100. The zero-order chi connectivity index (χ0) is 10.9. The lowest BCUT2D eigenvalue weighted by Gasteiger charge is -2.00. The lowest BCUT2D eigenvalue weighted by molar-refractivity contribution is 0.602. The normalized spacial score (nSPS) is 11.5. The quantitative estimate of drug-likeness (QED) is 0.807. The van der Waals surface area contributed by atoms with Crippen LogP contribution in [0.1, 0.15) is 0 Å². The van der Waals surface area contributed by atoms with Gasteiger partial charge in [-0.3, -0.25) is 4.98 Å². The van der Waals surface area contributed by atoms with Crippen LogP contribution in [-0.2, 0) is 9.84 Å². The minimum Gasteiger partial charge on any atom is -0.252 e. The first-order valence-corrected chi connectivity index (χ1v) is 7.03. The summed E-state index contributed by atoms with van der Waals surface area (Å²) in [6.45, 7) is 0. The summed E-state index contributed by atoms with van der Waals surface area (Å²) >= 11 is 1.49. The molecule has 0 atom stereocenters. The van der Waals surface area contributed by atoms with Crippen molar-refractivity contribution in [3.63, 3.8) is 0 Å². The fourth-order valence-electron chi connectivity index (χ4n) is 1.24. The largest absolute Gasteiger partial charge is 0.252 e. The van der Waals surface area contributed by atoms with Crippen molar-refractivity contribution in [3.8, 4) is 10.4 Å². The second kappa shape index (κ2) is 3.75. The van der Waals surface area contributed by atoms with E-state index in [1.807, 2.05) is 6.07 Å². The molecule has 0 saturated carbocycles. The molecule has 2 aromatic rings. The van der Waals surface area contributed by atoms with E-state index in [1.165, 1.54) is 17.6 Å². The van der Waals surface area contributed by atoms with Gasteiger partial charge in [0.15, 0.2) is 9.84 Å². The highest BCUT2D eigenvalue weighted by Crippen LogP contribution is 2.25. The van der Waals surface area contributed by atoms with E-state index < -0.39 is 9.84 Å². The molecule has 15 heavy (non-hydrogen) atoms. The molecule has 78 valence electrons. The number of rotatable bonds is 2. The highest BCUT2D eigenvalue weighted by molar-refractivity contribution is 7.90. The first-order chi connectivity index (χ1) is 7.07. The fourth-order valence-corrected chi connectivity index (χ4v) is 2.53. The van der Waals surface area contributed by atoms with Gasteiger partial charge in [-0.05, 0) is 17.7 Å². The molecule has 0 bridgehead atoms. The Balaban J connectivity index is 2.53. The van der Waals surface area contributed by atoms with Crippen molar-refractivity contribution >= 4 is 21.2 Å². The van der Waals surface area contributed by atoms with E-state index in [9.17, 15) is 8.42 Å². The lowest BCUT2D eigenvalue weighted by Crippen LogP contribution is -1.96. The van der Waals surface area contributed by atoms with Crippen molar-refractivity contribution in [1.29, 1.82) is 0 Å². The summed E-state index contributed by atoms with van der Waals surface area (Å²) in [5.74, 6) is 0. The minimum absolute atomic E-state index is 0.341. The third-order valence-electron chi connectivity index (χ3n) is 1.98. The zero-order valence-corrected chi connectivity index (χ0v) is 9.68. The molecular formula is C10H9NO2S2. The van der Waals surface area contributed by atoms with Gasteiger partial charge in [-0.2, -0.15) is 0 Å². The number of nitrogens with zero attached hydrogens (tertiary/aromatic N) is 1. The van der Waals surface area contributed by atoms with E-state index in [1.54, 1.807) is 29.9 Å². The molecule has 0 aliphatic heterocycles. The van der Waals surface area contributed by atoms with Gasteiger partial charge >= 0.3 is 0 Å². The van der Waals surface area contributed by atoms with Gasteiger partial charge < -0.3 is 0 Å². The predicted molar refractivity (Wildman–Crippen MR) is 60.7 cm³/mol. The molecule has 0 aliphatic rings. The van der Waals surface area contributed by atoms with Crippen molar-refractivity contribution in [2.45, 2.75) is 4.90 Å². The SMILES string of the molecule is CS(=O)(=O)c1cccc(-c2cncs2)c1. The second-order valence-corrected chi connectivity index (χ2v) is 6.07. The Morgan fingerprint density at radius 3 is 2.73 bits per heavy atom. The average Bonchev–Trinajstić information content (AvgIpc) is 2.69. The maximum absolute atomic E-state index is 11.3. The van der Waals surface area contributed by atoms with Crippen molar-refractivity contribution < 1.29 is 8.42 Å². The molecule has 0 aliphatic carbocycles. The number of hydrogen-bond donors (Lipinski definition) is 0. The van der Waals surface area contributed by atoms with Crippen LogP contribution in [0.5, 0.6) is 0 Å². The van der Waals surface area contributed by atoms with E-state index in [0.29, 0.717) is 4.90 Å². The van der Waals surface area contributed by atoms with Crippen LogP contribution in [0, 0.1) is 0 Å². The van der Waals surface area contributed by atoms with Crippen LogP contribution < -0.4 is 0 Å². The molecule has 3 nitrogen and oxygen atoms in total. The number of hydrogen-bond acceptors (Lipinski definition) is 4. The Hall–Kier alpha value is -1.20. The van der Waals surface area contributed by atoms with Gasteiger partial charge in [0.2, 0.25) is 0 Å². The van der Waals surface area contributed by atoms with Gasteiger partial charge in [-0.25, -0.2) is 8.42 Å². The minimum atomic E-state index is -3.13. The molecule has 0 amide bonds. The maximum Gasteiger partial charge on any atom is 0.175 e. The first-order valence-electron chi connectivity index (χ1n) is 4.26. The van der Waals surface area contributed by atoms with Crippen LogP contribution in [0.25, 0.3) is 10.4 Å². The van der Waals surface area contributed by atoms with E-state index in [2.05, 4.69) is 4.98 Å². The molecule has 5 heteroatoms. The maximum atomic E-state index is 11.3. The van der Waals surface area contributed by atoms with Crippen LogP contribution in [0.2, 0.25) is 0 Å². The summed E-state index contributed by atoms with van der Waals surface area (Å²) < 4.78 is 22.7. The van der Waals surface area contributed by atoms with Gasteiger partial charge in [-0.1, -0.05) is 12.1 Å². The van der Waals surface area contributed by atoms with Gasteiger partial charge in [0.05, 0.1) is 15.3 Å². The molecule has 0 N–H and O–H groups in total. The molecule has 0 spiro atoms. The molecule has 0 unspecified atom stereocenters.